The largest absolute Gasteiger partial charge is 0.481 e. The summed E-state index contributed by atoms with van der Waals surface area (Å²) in [4.78, 5) is 37.9. The van der Waals surface area contributed by atoms with Crippen LogP contribution in [-0.4, -0.2) is 35.6 Å². The number of thioether (sulfide) groups is 1. The molecule has 0 radical (unpaired) electrons. The van der Waals surface area contributed by atoms with Gasteiger partial charge in [-0.3, -0.25) is 9.59 Å². The highest BCUT2D eigenvalue weighted by molar-refractivity contribution is 7.99. The molecule has 3 N–H and O–H groups in total. The molecule has 0 fully saturated rings. The zero-order valence-electron chi connectivity index (χ0n) is 21.8. The van der Waals surface area contributed by atoms with Crippen LogP contribution in [0.15, 0.2) is 47.4 Å². The normalized spacial score (nSPS) is 15.7. The van der Waals surface area contributed by atoms with Gasteiger partial charge in [0.25, 0.3) is 0 Å². The van der Waals surface area contributed by atoms with Crippen LogP contribution < -0.4 is 10.6 Å². The van der Waals surface area contributed by atoms with Crippen LogP contribution in [0.1, 0.15) is 81.6 Å². The minimum Gasteiger partial charge on any atom is -0.481 e. The predicted molar refractivity (Wildman–Crippen MR) is 148 cm³/mol. The molecule has 0 aliphatic carbocycles. The maximum absolute atomic E-state index is 12.8. The average Bonchev–Trinajstić information content (AvgIpc) is 3.03. The number of carbonyl (C=O) groups is 3. The number of aliphatic carboxylic acids is 1. The molecule has 2 aromatic rings. The summed E-state index contributed by atoms with van der Waals surface area (Å²) in [5.41, 5.74) is 2.91. The van der Waals surface area contributed by atoms with E-state index in [0.717, 1.165) is 35.4 Å². The molecule has 3 rings (SSSR count). The first-order chi connectivity index (χ1) is 17.9. The number of para-hydroxylation sites is 1. The standard InChI is InChI=1S/C29H38N2O5S/c1-3-5-6-7-8-9-13-24(29(35)36-4-2)30-22-16-20(17-28(33)34)15-21(18-22)26-19-27(32)31-23-12-10-11-14-25(23)37-26/h10-12,14-16,18,24,26,30H,3-9,13,17,19H2,1-2H3,(H,31,32)(H,33,34). The van der Waals surface area contributed by atoms with E-state index >= 15 is 0 Å². The van der Waals surface area contributed by atoms with E-state index in [9.17, 15) is 19.5 Å². The summed E-state index contributed by atoms with van der Waals surface area (Å²) in [5, 5.41) is 15.5. The SMILES string of the molecule is CCCCCCCCC(Nc1cc(CC(=O)O)cc(C2CC(=O)Nc3ccccc3S2)c1)C(=O)OCC. The lowest BCUT2D eigenvalue weighted by molar-refractivity contribution is -0.144. The van der Waals surface area contributed by atoms with Crippen molar-refractivity contribution in [3.8, 4) is 0 Å². The highest BCUT2D eigenvalue weighted by Gasteiger charge is 2.25. The Morgan fingerprint density at radius 1 is 1.11 bits per heavy atom. The van der Waals surface area contributed by atoms with E-state index in [1.165, 1.54) is 19.3 Å². The smallest absolute Gasteiger partial charge is 0.328 e. The fourth-order valence-corrected chi connectivity index (χ4v) is 5.73. The molecule has 0 spiro atoms. The number of benzene rings is 2. The van der Waals surface area contributed by atoms with Crippen molar-refractivity contribution in [3.63, 3.8) is 0 Å². The molecule has 2 aromatic carbocycles. The third-order valence-electron chi connectivity index (χ3n) is 6.30. The van der Waals surface area contributed by atoms with Gasteiger partial charge in [0.15, 0.2) is 0 Å². The maximum atomic E-state index is 12.8. The van der Waals surface area contributed by atoms with Gasteiger partial charge in [-0.1, -0.05) is 63.6 Å². The van der Waals surface area contributed by atoms with Crippen molar-refractivity contribution < 1.29 is 24.2 Å². The number of rotatable bonds is 14. The lowest BCUT2D eigenvalue weighted by Crippen LogP contribution is -2.31. The number of carboxylic acid groups (broad SMARTS) is 1. The zero-order chi connectivity index (χ0) is 26.6. The summed E-state index contributed by atoms with van der Waals surface area (Å²) in [7, 11) is 0. The third kappa shape index (κ3) is 9.11. The second-order valence-electron chi connectivity index (χ2n) is 9.39. The first-order valence-electron chi connectivity index (χ1n) is 13.2. The molecule has 37 heavy (non-hydrogen) atoms. The minimum absolute atomic E-state index is 0.0898. The van der Waals surface area contributed by atoms with Gasteiger partial charge in [0.1, 0.15) is 6.04 Å². The Bertz CT molecular complexity index is 1070. The van der Waals surface area contributed by atoms with Gasteiger partial charge in [0.05, 0.1) is 18.7 Å². The summed E-state index contributed by atoms with van der Waals surface area (Å²) in [6.07, 6.45) is 7.45. The Morgan fingerprint density at radius 2 is 1.86 bits per heavy atom. The number of carbonyl (C=O) groups excluding carboxylic acids is 2. The van der Waals surface area contributed by atoms with Crippen molar-refractivity contribution in [1.29, 1.82) is 0 Å². The van der Waals surface area contributed by atoms with Crippen LogP contribution in [0.4, 0.5) is 11.4 Å². The Morgan fingerprint density at radius 3 is 2.62 bits per heavy atom. The number of hydrogen-bond donors (Lipinski definition) is 3. The highest BCUT2D eigenvalue weighted by atomic mass is 32.2. The number of fused-ring (bicyclic) bond motifs is 1. The van der Waals surface area contributed by atoms with Crippen LogP contribution >= 0.6 is 11.8 Å². The van der Waals surface area contributed by atoms with E-state index in [0.29, 0.717) is 24.3 Å². The van der Waals surface area contributed by atoms with E-state index < -0.39 is 12.0 Å². The van der Waals surface area contributed by atoms with Crippen LogP contribution in [-0.2, 0) is 25.5 Å². The molecule has 2 atom stereocenters. The van der Waals surface area contributed by atoms with Crippen LogP contribution in [0.25, 0.3) is 0 Å². The average molecular weight is 527 g/mol. The molecule has 1 aliphatic rings. The van der Waals surface area contributed by atoms with Crippen LogP contribution in [0.2, 0.25) is 0 Å². The topological polar surface area (TPSA) is 105 Å². The third-order valence-corrected chi connectivity index (χ3v) is 7.64. The lowest BCUT2D eigenvalue weighted by Gasteiger charge is -2.21. The van der Waals surface area contributed by atoms with Crippen molar-refractivity contribution >= 4 is 41.0 Å². The van der Waals surface area contributed by atoms with Gasteiger partial charge in [0.2, 0.25) is 5.91 Å². The number of nitrogens with one attached hydrogen (secondary N) is 2. The van der Waals surface area contributed by atoms with Crippen molar-refractivity contribution in [1.82, 2.24) is 0 Å². The predicted octanol–water partition coefficient (Wildman–Crippen LogP) is 6.58. The van der Waals surface area contributed by atoms with Crippen molar-refractivity contribution in [2.75, 3.05) is 17.2 Å². The first kappa shape index (κ1) is 28.6. The van der Waals surface area contributed by atoms with E-state index in [1.54, 1.807) is 24.8 Å². The number of ether oxygens (including phenoxy) is 1. The number of unbranched alkanes of at least 4 members (excludes halogenated alkanes) is 5. The van der Waals surface area contributed by atoms with E-state index in [1.807, 2.05) is 36.4 Å². The quantitative estimate of drug-likeness (QED) is 0.189. The Labute approximate surface area is 223 Å². The van der Waals surface area contributed by atoms with Crippen LogP contribution in [0, 0.1) is 0 Å². The van der Waals surface area contributed by atoms with Gasteiger partial charge < -0.3 is 20.5 Å². The minimum atomic E-state index is -0.936. The van der Waals surface area contributed by atoms with E-state index in [2.05, 4.69) is 17.6 Å². The second-order valence-corrected chi connectivity index (χ2v) is 10.6. The Kier molecular flexibility index (Phi) is 11.3. The second kappa shape index (κ2) is 14.7. The molecular formula is C29H38N2O5S. The number of amides is 1. The molecule has 7 nitrogen and oxygen atoms in total. The number of carboxylic acids is 1. The van der Waals surface area contributed by atoms with Gasteiger partial charge in [-0.05, 0) is 48.7 Å². The molecule has 1 heterocycles. The molecule has 0 saturated carbocycles. The summed E-state index contributed by atoms with van der Waals surface area (Å²) in [6.45, 7) is 4.27. The molecular weight excluding hydrogens is 488 g/mol. The van der Waals surface area contributed by atoms with Crippen molar-refractivity contribution in [2.24, 2.45) is 0 Å². The number of hydrogen-bond acceptors (Lipinski definition) is 6. The van der Waals surface area contributed by atoms with Crippen molar-refractivity contribution in [3.05, 3.63) is 53.6 Å². The van der Waals surface area contributed by atoms with Gasteiger partial charge in [0, 0.05) is 22.3 Å². The molecule has 0 saturated heterocycles. The van der Waals surface area contributed by atoms with Gasteiger partial charge >= 0.3 is 11.9 Å². The van der Waals surface area contributed by atoms with Gasteiger partial charge in [-0.25, -0.2) is 4.79 Å². The fourth-order valence-electron chi connectivity index (χ4n) is 4.51. The van der Waals surface area contributed by atoms with Gasteiger partial charge in [-0.15, -0.1) is 11.8 Å². The summed E-state index contributed by atoms with van der Waals surface area (Å²) in [6, 6.07) is 12.7. The summed E-state index contributed by atoms with van der Waals surface area (Å²) in [5.74, 6) is -1.33. The molecule has 1 aliphatic heterocycles. The van der Waals surface area contributed by atoms with Crippen LogP contribution in [0.3, 0.4) is 0 Å². The van der Waals surface area contributed by atoms with E-state index in [4.69, 9.17) is 4.74 Å². The van der Waals surface area contributed by atoms with Gasteiger partial charge in [-0.2, -0.15) is 0 Å². The van der Waals surface area contributed by atoms with Crippen LogP contribution in [0.5, 0.6) is 0 Å². The number of esters is 1. The summed E-state index contributed by atoms with van der Waals surface area (Å²) >= 11 is 1.58. The van der Waals surface area contributed by atoms with E-state index in [-0.39, 0.29) is 30.0 Å². The first-order valence-corrected chi connectivity index (χ1v) is 14.1. The highest BCUT2D eigenvalue weighted by Crippen LogP contribution is 2.44. The Balaban J connectivity index is 1.84. The molecule has 200 valence electrons. The maximum Gasteiger partial charge on any atom is 0.328 e. The Hall–Kier alpha value is -3.00. The molecule has 8 heteroatoms. The molecule has 2 unspecified atom stereocenters. The fraction of sp³-hybridized carbons (Fsp3) is 0.483. The molecule has 0 bridgehead atoms. The lowest BCUT2D eigenvalue weighted by atomic mass is 10.0. The zero-order valence-corrected chi connectivity index (χ0v) is 22.6. The molecule has 1 amide bonds. The monoisotopic (exact) mass is 526 g/mol. The summed E-state index contributed by atoms with van der Waals surface area (Å²) < 4.78 is 5.33. The molecule has 0 aromatic heterocycles. The van der Waals surface area contributed by atoms with Crippen molar-refractivity contribution in [2.45, 2.75) is 87.8 Å². The number of anilines is 2.